The van der Waals surface area contributed by atoms with E-state index in [0.717, 1.165) is 22.5 Å². The number of fused-ring (bicyclic) bond motifs is 2. The highest BCUT2D eigenvalue weighted by Crippen LogP contribution is 2.32. The molecule has 0 radical (unpaired) electrons. The number of aryl methyl sites for hydroxylation is 1. The molecule has 4 rings (SSSR count). The molecule has 10 nitrogen and oxygen atoms in total. The van der Waals surface area contributed by atoms with E-state index in [1.165, 1.54) is 4.90 Å². The van der Waals surface area contributed by atoms with E-state index in [1.807, 2.05) is 25.1 Å². The van der Waals surface area contributed by atoms with Crippen molar-refractivity contribution in [2.75, 3.05) is 7.11 Å². The molecule has 0 fully saturated rings. The summed E-state index contributed by atoms with van der Waals surface area (Å²) in [5.41, 5.74) is 9.30. The Morgan fingerprint density at radius 3 is 2.60 bits per heavy atom. The van der Waals surface area contributed by atoms with Gasteiger partial charge in [-0.1, -0.05) is 6.07 Å². The first kappa shape index (κ1) is 24.2. The Bertz CT molecular complexity index is 1320. The van der Waals surface area contributed by atoms with Crippen molar-refractivity contribution in [1.82, 2.24) is 19.5 Å². The van der Waals surface area contributed by atoms with Crippen LogP contribution in [-0.2, 0) is 20.9 Å². The number of benzene rings is 1. The molecule has 1 aromatic carbocycles. The fourth-order valence-electron chi connectivity index (χ4n) is 4.31. The number of hydrogen-bond acceptors (Lipinski definition) is 7. The van der Waals surface area contributed by atoms with Gasteiger partial charge in [0.25, 0.3) is 5.91 Å². The molecule has 1 unspecified atom stereocenters. The highest BCUT2D eigenvalue weighted by molar-refractivity contribution is 6.01. The molecule has 2 N–H and O–H groups in total. The number of amides is 2. The summed E-state index contributed by atoms with van der Waals surface area (Å²) in [6.45, 7) is 7.40. The molecule has 0 saturated heterocycles. The first-order valence-electron chi connectivity index (χ1n) is 11.3. The van der Waals surface area contributed by atoms with Crippen LogP contribution in [0.25, 0.3) is 16.9 Å². The van der Waals surface area contributed by atoms with Gasteiger partial charge in [0.1, 0.15) is 11.6 Å². The smallest absolute Gasteiger partial charge is 0.306 e. The fourth-order valence-corrected chi connectivity index (χ4v) is 4.31. The normalized spacial score (nSPS) is 14.2. The van der Waals surface area contributed by atoms with Crippen molar-refractivity contribution in [3.05, 3.63) is 47.2 Å². The maximum atomic E-state index is 13.1. The first-order chi connectivity index (χ1) is 16.5. The Morgan fingerprint density at radius 2 is 1.94 bits per heavy atom. The first-order valence-corrected chi connectivity index (χ1v) is 11.3. The molecule has 0 aliphatic carbocycles. The van der Waals surface area contributed by atoms with Gasteiger partial charge in [0, 0.05) is 30.2 Å². The van der Waals surface area contributed by atoms with Crippen LogP contribution in [0.15, 0.2) is 30.3 Å². The molecule has 184 valence electrons. The summed E-state index contributed by atoms with van der Waals surface area (Å²) >= 11 is 0. The van der Waals surface area contributed by atoms with Crippen molar-refractivity contribution < 1.29 is 23.9 Å². The van der Waals surface area contributed by atoms with E-state index in [1.54, 1.807) is 44.5 Å². The number of imidazole rings is 1. The third-order valence-corrected chi connectivity index (χ3v) is 5.79. The molecular weight excluding hydrogens is 450 g/mol. The molecule has 1 aliphatic rings. The van der Waals surface area contributed by atoms with E-state index in [4.69, 9.17) is 15.2 Å². The number of carbonyl (C=O) groups is 3. The van der Waals surface area contributed by atoms with Gasteiger partial charge in [-0.15, -0.1) is 5.10 Å². The van der Waals surface area contributed by atoms with E-state index >= 15 is 0 Å². The summed E-state index contributed by atoms with van der Waals surface area (Å²) in [7, 11) is 1.55. The second kappa shape index (κ2) is 9.01. The summed E-state index contributed by atoms with van der Waals surface area (Å²) in [5.74, 6) is -0.952. The van der Waals surface area contributed by atoms with Crippen LogP contribution in [0.4, 0.5) is 0 Å². The predicted octanol–water partition coefficient (Wildman–Crippen LogP) is 2.64. The molecule has 1 atom stereocenters. The summed E-state index contributed by atoms with van der Waals surface area (Å²) < 4.78 is 12.3. The van der Waals surface area contributed by atoms with E-state index in [9.17, 15) is 14.4 Å². The van der Waals surface area contributed by atoms with Crippen LogP contribution in [0.1, 0.15) is 55.2 Å². The number of rotatable bonds is 7. The van der Waals surface area contributed by atoms with Crippen LogP contribution in [0.5, 0.6) is 5.88 Å². The van der Waals surface area contributed by atoms with Crippen molar-refractivity contribution in [2.45, 2.75) is 58.7 Å². The minimum atomic E-state index is -0.922. The summed E-state index contributed by atoms with van der Waals surface area (Å²) in [4.78, 5) is 43.5. The van der Waals surface area contributed by atoms with Gasteiger partial charge in [0.15, 0.2) is 5.65 Å². The average Bonchev–Trinajstić information content (AvgIpc) is 3.27. The molecule has 0 saturated carbocycles. The molecule has 2 amide bonds. The van der Waals surface area contributed by atoms with Gasteiger partial charge in [-0.25, -0.2) is 9.50 Å². The van der Waals surface area contributed by atoms with Crippen LogP contribution >= 0.6 is 0 Å². The standard InChI is InChI=1S/C25H29N5O5/c1-14-22(30-19(27-14)9-10-20(28-30)34-5)15-6-7-17-16(12-15)13-29(24(17)33)18(23(26)32)8-11-21(31)35-25(2,3)4/h6-7,9-10,12,18H,8,11,13H2,1-5H3,(H2,26,32). The molecule has 2 aromatic heterocycles. The Labute approximate surface area is 203 Å². The molecule has 3 aromatic rings. The number of ether oxygens (including phenoxy) is 2. The van der Waals surface area contributed by atoms with Crippen LogP contribution in [0, 0.1) is 6.92 Å². The van der Waals surface area contributed by atoms with Crippen molar-refractivity contribution in [1.29, 1.82) is 0 Å². The van der Waals surface area contributed by atoms with Gasteiger partial charge in [-0.05, 0) is 57.9 Å². The molecule has 0 spiro atoms. The third kappa shape index (κ3) is 4.82. The van der Waals surface area contributed by atoms with Gasteiger partial charge < -0.3 is 20.1 Å². The van der Waals surface area contributed by atoms with Crippen molar-refractivity contribution in [3.8, 4) is 17.1 Å². The van der Waals surface area contributed by atoms with Gasteiger partial charge in [-0.2, -0.15) is 0 Å². The van der Waals surface area contributed by atoms with Crippen LogP contribution in [0.2, 0.25) is 0 Å². The quantitative estimate of drug-likeness (QED) is 0.516. The van der Waals surface area contributed by atoms with E-state index < -0.39 is 23.5 Å². The summed E-state index contributed by atoms with van der Waals surface area (Å²) in [6, 6.07) is 8.11. The summed E-state index contributed by atoms with van der Waals surface area (Å²) in [5, 5.41) is 4.48. The van der Waals surface area contributed by atoms with Crippen LogP contribution in [-0.4, -0.2) is 56.0 Å². The molecule has 0 bridgehead atoms. The molecular formula is C25H29N5O5. The number of carbonyl (C=O) groups excluding carboxylic acids is 3. The van der Waals surface area contributed by atoms with Crippen molar-refractivity contribution in [2.24, 2.45) is 5.73 Å². The number of nitrogens with two attached hydrogens (primary N) is 1. The lowest BCUT2D eigenvalue weighted by Gasteiger charge is -2.25. The van der Waals surface area contributed by atoms with E-state index in [-0.39, 0.29) is 25.3 Å². The Balaban J connectivity index is 1.60. The van der Waals surface area contributed by atoms with E-state index in [2.05, 4.69) is 10.1 Å². The number of hydrogen-bond donors (Lipinski definition) is 1. The number of methoxy groups -OCH3 is 1. The number of aromatic nitrogens is 3. The molecule has 1 aliphatic heterocycles. The Morgan fingerprint density at radius 1 is 1.20 bits per heavy atom. The van der Waals surface area contributed by atoms with Gasteiger partial charge >= 0.3 is 5.97 Å². The fraction of sp³-hybridized carbons (Fsp3) is 0.400. The Kier molecular flexibility index (Phi) is 6.23. The highest BCUT2D eigenvalue weighted by Gasteiger charge is 2.36. The SMILES string of the molecule is COc1ccc2nc(C)c(-c3ccc4c(c3)CN(C(CCC(=O)OC(C)(C)C)C(N)=O)C4=O)n2n1. The monoisotopic (exact) mass is 479 g/mol. The zero-order valence-corrected chi connectivity index (χ0v) is 20.5. The number of primary amides is 1. The lowest BCUT2D eigenvalue weighted by Crippen LogP contribution is -2.45. The largest absolute Gasteiger partial charge is 0.480 e. The van der Waals surface area contributed by atoms with Crippen LogP contribution in [0.3, 0.4) is 0 Å². The lowest BCUT2D eigenvalue weighted by molar-refractivity contribution is -0.155. The lowest BCUT2D eigenvalue weighted by atomic mass is 10.0. The van der Waals surface area contributed by atoms with E-state index in [0.29, 0.717) is 17.1 Å². The topological polar surface area (TPSA) is 129 Å². The highest BCUT2D eigenvalue weighted by atomic mass is 16.6. The maximum Gasteiger partial charge on any atom is 0.306 e. The predicted molar refractivity (Wildman–Crippen MR) is 128 cm³/mol. The van der Waals surface area contributed by atoms with Crippen molar-refractivity contribution in [3.63, 3.8) is 0 Å². The maximum absolute atomic E-state index is 13.1. The second-order valence-corrected chi connectivity index (χ2v) is 9.54. The van der Waals surface area contributed by atoms with Gasteiger partial charge in [-0.3, -0.25) is 14.4 Å². The second-order valence-electron chi connectivity index (χ2n) is 9.54. The number of esters is 1. The third-order valence-electron chi connectivity index (χ3n) is 5.79. The van der Waals surface area contributed by atoms with Crippen molar-refractivity contribution >= 4 is 23.4 Å². The average molecular weight is 480 g/mol. The molecule has 3 heterocycles. The molecule has 10 heteroatoms. The zero-order valence-electron chi connectivity index (χ0n) is 20.5. The van der Waals surface area contributed by atoms with Gasteiger partial charge in [0.05, 0.1) is 18.5 Å². The summed E-state index contributed by atoms with van der Waals surface area (Å²) in [6.07, 6.45) is 0.0671. The minimum absolute atomic E-state index is 0.0231. The Hall–Kier alpha value is -3.95. The minimum Gasteiger partial charge on any atom is -0.480 e. The van der Waals surface area contributed by atoms with Crippen LogP contribution < -0.4 is 10.5 Å². The number of nitrogens with zero attached hydrogens (tertiary/aromatic N) is 4. The molecule has 35 heavy (non-hydrogen) atoms. The van der Waals surface area contributed by atoms with Gasteiger partial charge in [0.2, 0.25) is 11.8 Å². The zero-order chi connectivity index (χ0) is 25.5.